The zero-order valence-electron chi connectivity index (χ0n) is 10.5. The van der Waals surface area contributed by atoms with Crippen LogP contribution in [0.4, 0.5) is 11.4 Å². The normalized spacial score (nSPS) is 10.1. The Morgan fingerprint density at radius 2 is 2.33 bits per heavy atom. The summed E-state index contributed by atoms with van der Waals surface area (Å²) < 4.78 is 0. The van der Waals surface area contributed by atoms with Gasteiger partial charge in [-0.15, -0.1) is 0 Å². The Kier molecular flexibility index (Phi) is 5.06. The van der Waals surface area contributed by atoms with Gasteiger partial charge in [0.25, 0.3) is 0 Å². The van der Waals surface area contributed by atoms with Gasteiger partial charge < -0.3 is 4.90 Å². The number of anilines is 1. The molecule has 0 aliphatic carbocycles. The molecular formula is C12H16N4O2. The van der Waals surface area contributed by atoms with Gasteiger partial charge in [-0.1, -0.05) is 13.8 Å². The molecule has 0 amide bonds. The molecule has 0 spiro atoms. The largest absolute Gasteiger partial charge is 0.365 e. The van der Waals surface area contributed by atoms with Crippen molar-refractivity contribution in [2.75, 3.05) is 18.0 Å². The van der Waals surface area contributed by atoms with E-state index in [1.807, 2.05) is 18.7 Å². The van der Waals surface area contributed by atoms with Crippen LogP contribution in [0.15, 0.2) is 18.5 Å². The van der Waals surface area contributed by atoms with Gasteiger partial charge in [0.2, 0.25) is 0 Å². The van der Waals surface area contributed by atoms with Gasteiger partial charge in [-0.3, -0.25) is 15.1 Å². The molecule has 0 saturated carbocycles. The number of hydrogen-bond donors (Lipinski definition) is 0. The predicted molar refractivity (Wildman–Crippen MR) is 68.2 cm³/mol. The molecule has 0 aromatic carbocycles. The molecule has 0 radical (unpaired) electrons. The number of nitro groups is 1. The van der Waals surface area contributed by atoms with Gasteiger partial charge in [0.1, 0.15) is 11.9 Å². The highest BCUT2D eigenvalue weighted by atomic mass is 16.6. The third-order valence-corrected chi connectivity index (χ3v) is 2.39. The zero-order chi connectivity index (χ0) is 13.5. The summed E-state index contributed by atoms with van der Waals surface area (Å²) in [4.78, 5) is 16.2. The highest BCUT2D eigenvalue weighted by Gasteiger charge is 2.19. The first-order valence-electron chi connectivity index (χ1n) is 5.76. The van der Waals surface area contributed by atoms with Crippen molar-refractivity contribution in [1.29, 1.82) is 5.26 Å². The van der Waals surface area contributed by atoms with Crippen molar-refractivity contribution in [3.8, 4) is 6.07 Å². The maximum absolute atomic E-state index is 11.0. The van der Waals surface area contributed by atoms with Gasteiger partial charge >= 0.3 is 5.69 Å². The molecule has 18 heavy (non-hydrogen) atoms. The van der Waals surface area contributed by atoms with Crippen LogP contribution in [0.1, 0.15) is 20.3 Å². The van der Waals surface area contributed by atoms with Crippen molar-refractivity contribution in [3.05, 3.63) is 28.6 Å². The lowest BCUT2D eigenvalue weighted by molar-refractivity contribution is -0.384. The Hall–Kier alpha value is -2.16. The van der Waals surface area contributed by atoms with Crippen molar-refractivity contribution >= 4 is 11.4 Å². The van der Waals surface area contributed by atoms with Crippen LogP contribution >= 0.6 is 0 Å². The molecular weight excluding hydrogens is 232 g/mol. The molecule has 0 fully saturated rings. The summed E-state index contributed by atoms with van der Waals surface area (Å²) in [6.07, 6.45) is 3.11. The quantitative estimate of drug-likeness (QED) is 0.570. The van der Waals surface area contributed by atoms with Crippen LogP contribution in [0.2, 0.25) is 0 Å². The highest BCUT2D eigenvalue weighted by molar-refractivity contribution is 5.61. The molecule has 0 unspecified atom stereocenters. The minimum atomic E-state index is -0.442. The molecule has 1 rings (SSSR count). The molecule has 6 nitrogen and oxygen atoms in total. The summed E-state index contributed by atoms with van der Waals surface area (Å²) in [5.74, 6) is 0.358. The monoisotopic (exact) mass is 248 g/mol. The Labute approximate surface area is 106 Å². The third-order valence-electron chi connectivity index (χ3n) is 2.39. The fourth-order valence-electron chi connectivity index (χ4n) is 1.72. The first kappa shape index (κ1) is 13.9. The minimum Gasteiger partial charge on any atom is -0.365 e. The summed E-state index contributed by atoms with van der Waals surface area (Å²) in [5, 5.41) is 19.6. The summed E-state index contributed by atoms with van der Waals surface area (Å²) in [6.45, 7) is 5.23. The zero-order valence-corrected chi connectivity index (χ0v) is 10.5. The lowest BCUT2D eigenvalue weighted by atomic mass is 10.2. The second-order valence-corrected chi connectivity index (χ2v) is 4.37. The van der Waals surface area contributed by atoms with E-state index in [9.17, 15) is 10.1 Å². The van der Waals surface area contributed by atoms with Crippen LogP contribution in [-0.4, -0.2) is 23.0 Å². The van der Waals surface area contributed by atoms with Crippen LogP contribution in [-0.2, 0) is 0 Å². The van der Waals surface area contributed by atoms with E-state index in [2.05, 4.69) is 11.1 Å². The molecule has 96 valence electrons. The van der Waals surface area contributed by atoms with Gasteiger partial charge in [-0.05, 0) is 12.0 Å². The second kappa shape index (κ2) is 6.55. The van der Waals surface area contributed by atoms with Gasteiger partial charge in [0.15, 0.2) is 0 Å². The van der Waals surface area contributed by atoms with Gasteiger partial charge in [-0.2, -0.15) is 5.26 Å². The topological polar surface area (TPSA) is 83.1 Å². The van der Waals surface area contributed by atoms with Crippen molar-refractivity contribution in [3.63, 3.8) is 0 Å². The van der Waals surface area contributed by atoms with E-state index >= 15 is 0 Å². The van der Waals surface area contributed by atoms with E-state index in [1.165, 1.54) is 12.4 Å². The Morgan fingerprint density at radius 1 is 1.61 bits per heavy atom. The maximum atomic E-state index is 11.0. The number of nitriles is 1. The molecule has 0 aliphatic rings. The number of hydrogen-bond acceptors (Lipinski definition) is 5. The minimum absolute atomic E-state index is 0.0175. The van der Waals surface area contributed by atoms with Crippen molar-refractivity contribution in [2.45, 2.75) is 20.3 Å². The highest BCUT2D eigenvalue weighted by Crippen LogP contribution is 2.27. The molecule has 0 saturated heterocycles. The molecule has 6 heteroatoms. The van der Waals surface area contributed by atoms with Crippen LogP contribution in [0.25, 0.3) is 0 Å². The predicted octanol–water partition coefficient (Wildman–Crippen LogP) is 2.37. The summed E-state index contributed by atoms with van der Waals surface area (Å²) in [7, 11) is 0. The average molecular weight is 248 g/mol. The van der Waals surface area contributed by atoms with E-state index in [1.54, 1.807) is 6.07 Å². The van der Waals surface area contributed by atoms with E-state index in [-0.39, 0.29) is 5.69 Å². The Balaban J connectivity index is 3.04. The fraction of sp³-hybridized carbons (Fsp3) is 0.500. The standard InChI is InChI=1S/C12H16N4O2/c1-10(2)9-15(7-3-5-13)11-4-6-14-8-12(11)16(17)18/h4,6,8,10H,3,7,9H2,1-2H3. The first-order chi connectivity index (χ1) is 8.56. The summed E-state index contributed by atoms with van der Waals surface area (Å²) in [5.41, 5.74) is 0.509. The lowest BCUT2D eigenvalue weighted by Gasteiger charge is -2.25. The van der Waals surface area contributed by atoms with E-state index in [0.717, 1.165) is 0 Å². The second-order valence-electron chi connectivity index (χ2n) is 4.37. The van der Waals surface area contributed by atoms with E-state index in [0.29, 0.717) is 31.1 Å². The number of pyridine rings is 1. The van der Waals surface area contributed by atoms with E-state index < -0.39 is 4.92 Å². The van der Waals surface area contributed by atoms with Crippen LogP contribution < -0.4 is 4.90 Å². The summed E-state index contributed by atoms with van der Waals surface area (Å²) in [6, 6.07) is 3.69. The molecule has 0 aliphatic heterocycles. The van der Waals surface area contributed by atoms with Crippen LogP contribution in [0.3, 0.4) is 0 Å². The number of nitrogens with zero attached hydrogens (tertiary/aromatic N) is 4. The molecule has 0 bridgehead atoms. The van der Waals surface area contributed by atoms with E-state index in [4.69, 9.17) is 5.26 Å². The Bertz CT molecular complexity index is 454. The number of rotatable bonds is 6. The average Bonchev–Trinajstić information content (AvgIpc) is 2.34. The SMILES string of the molecule is CC(C)CN(CCC#N)c1ccncc1[N+](=O)[O-]. The molecule has 0 atom stereocenters. The van der Waals surface area contributed by atoms with Gasteiger partial charge in [0.05, 0.1) is 17.4 Å². The van der Waals surface area contributed by atoms with Crippen molar-refractivity contribution in [1.82, 2.24) is 4.98 Å². The van der Waals surface area contributed by atoms with Gasteiger partial charge in [0, 0.05) is 19.3 Å². The van der Waals surface area contributed by atoms with Gasteiger partial charge in [-0.25, -0.2) is 0 Å². The summed E-state index contributed by atoms with van der Waals surface area (Å²) >= 11 is 0. The maximum Gasteiger partial charge on any atom is 0.310 e. The molecule has 1 aromatic heterocycles. The van der Waals surface area contributed by atoms with Crippen LogP contribution in [0, 0.1) is 27.4 Å². The molecule has 1 heterocycles. The lowest BCUT2D eigenvalue weighted by Crippen LogP contribution is -2.29. The molecule has 1 aromatic rings. The molecule has 0 N–H and O–H groups in total. The number of aromatic nitrogens is 1. The van der Waals surface area contributed by atoms with Crippen LogP contribution in [0.5, 0.6) is 0 Å². The third kappa shape index (κ3) is 3.70. The van der Waals surface area contributed by atoms with Crippen molar-refractivity contribution in [2.24, 2.45) is 5.92 Å². The van der Waals surface area contributed by atoms with Crippen molar-refractivity contribution < 1.29 is 4.92 Å². The Morgan fingerprint density at radius 3 is 2.89 bits per heavy atom. The first-order valence-corrected chi connectivity index (χ1v) is 5.76. The smallest absolute Gasteiger partial charge is 0.310 e. The fourth-order valence-corrected chi connectivity index (χ4v) is 1.72.